The van der Waals surface area contributed by atoms with Crippen molar-refractivity contribution in [1.82, 2.24) is 4.98 Å². The lowest BCUT2D eigenvalue weighted by Crippen LogP contribution is -2.12. The maximum absolute atomic E-state index is 12.6. The van der Waals surface area contributed by atoms with Crippen molar-refractivity contribution < 1.29 is 9.59 Å². The Labute approximate surface area is 180 Å². The van der Waals surface area contributed by atoms with Crippen LogP contribution >= 0.6 is 34.5 Å². The molecule has 0 aliphatic heterocycles. The summed E-state index contributed by atoms with van der Waals surface area (Å²) in [5.74, 6) is -0.904. The van der Waals surface area contributed by atoms with E-state index in [9.17, 15) is 9.59 Å². The predicted octanol–water partition coefficient (Wildman–Crippen LogP) is 5.62. The number of fused-ring (bicyclic) bond motifs is 1. The van der Waals surface area contributed by atoms with Gasteiger partial charge in [0.1, 0.15) is 0 Å². The summed E-state index contributed by atoms with van der Waals surface area (Å²) >= 11 is 13.5. The first-order valence-corrected chi connectivity index (χ1v) is 10.1. The van der Waals surface area contributed by atoms with Crippen molar-refractivity contribution >= 4 is 61.7 Å². The maximum Gasteiger partial charge on any atom is 0.260 e. The summed E-state index contributed by atoms with van der Waals surface area (Å²) in [7, 11) is 0. The Morgan fingerprint density at radius 1 is 0.931 bits per heavy atom. The quantitative estimate of drug-likeness (QED) is 0.430. The summed E-state index contributed by atoms with van der Waals surface area (Å²) in [4.78, 5) is 28.5. The normalized spacial score (nSPS) is 10.8. The molecule has 0 saturated carbocycles. The third-order valence-corrected chi connectivity index (χ3v) is 5.86. The molecule has 0 aliphatic carbocycles. The van der Waals surface area contributed by atoms with E-state index in [1.165, 1.54) is 11.3 Å². The van der Waals surface area contributed by atoms with Gasteiger partial charge in [-0.25, -0.2) is 4.98 Å². The van der Waals surface area contributed by atoms with Crippen molar-refractivity contribution in [3.63, 3.8) is 0 Å². The van der Waals surface area contributed by atoms with Crippen molar-refractivity contribution in [2.24, 2.45) is 5.73 Å². The topological polar surface area (TPSA) is 85.1 Å². The molecule has 3 N–H and O–H groups in total. The van der Waals surface area contributed by atoms with E-state index >= 15 is 0 Å². The van der Waals surface area contributed by atoms with Crippen LogP contribution in [0.15, 0.2) is 60.7 Å². The minimum absolute atomic E-state index is 0.207. The fraction of sp³-hybridized carbons (Fsp3) is 0. The van der Waals surface area contributed by atoms with E-state index in [2.05, 4.69) is 10.3 Å². The van der Waals surface area contributed by atoms with E-state index < -0.39 is 11.8 Å². The van der Waals surface area contributed by atoms with Crippen LogP contribution in [0.1, 0.15) is 20.7 Å². The number of anilines is 1. The summed E-state index contributed by atoms with van der Waals surface area (Å²) < 4.78 is 0.903. The minimum atomic E-state index is -0.482. The SMILES string of the molecule is NC(=O)c1cccc(-c2ccc3sc(NC(=O)c4c(Cl)cccc4Cl)nc3c2)c1. The fourth-order valence-corrected chi connectivity index (χ4v) is 4.30. The Kier molecular flexibility index (Phi) is 5.24. The molecule has 0 aliphatic rings. The zero-order valence-electron chi connectivity index (χ0n) is 14.8. The number of hydrogen-bond donors (Lipinski definition) is 2. The highest BCUT2D eigenvalue weighted by molar-refractivity contribution is 7.22. The van der Waals surface area contributed by atoms with E-state index in [0.717, 1.165) is 21.3 Å². The molecule has 4 aromatic rings. The molecular formula is C21H13Cl2N3O2S. The van der Waals surface area contributed by atoms with Gasteiger partial charge in [-0.2, -0.15) is 0 Å². The van der Waals surface area contributed by atoms with E-state index in [1.54, 1.807) is 36.4 Å². The summed E-state index contributed by atoms with van der Waals surface area (Å²) in [6.07, 6.45) is 0. The van der Waals surface area contributed by atoms with Crippen molar-refractivity contribution in [2.45, 2.75) is 0 Å². The third kappa shape index (κ3) is 3.96. The number of carbonyl (C=O) groups is 2. The number of rotatable bonds is 4. The van der Waals surface area contributed by atoms with Gasteiger partial charge in [0.2, 0.25) is 5.91 Å². The van der Waals surface area contributed by atoms with Crippen LogP contribution in [0, 0.1) is 0 Å². The zero-order valence-corrected chi connectivity index (χ0v) is 17.1. The molecule has 0 atom stereocenters. The molecule has 3 aromatic carbocycles. The lowest BCUT2D eigenvalue weighted by Gasteiger charge is -2.05. The number of primary amides is 1. The molecule has 2 amide bonds. The molecule has 0 bridgehead atoms. The Hall–Kier alpha value is -2.93. The average Bonchev–Trinajstić information content (AvgIpc) is 3.09. The highest BCUT2D eigenvalue weighted by Gasteiger charge is 2.16. The summed E-state index contributed by atoms with van der Waals surface area (Å²) in [5.41, 5.74) is 8.46. The van der Waals surface area contributed by atoms with Crippen molar-refractivity contribution in [2.75, 3.05) is 5.32 Å². The number of halogens is 2. The molecule has 1 heterocycles. The smallest absolute Gasteiger partial charge is 0.260 e. The monoisotopic (exact) mass is 441 g/mol. The first-order valence-electron chi connectivity index (χ1n) is 8.48. The lowest BCUT2D eigenvalue weighted by molar-refractivity contribution is 0.0997. The average molecular weight is 442 g/mol. The second-order valence-electron chi connectivity index (χ2n) is 6.20. The molecule has 8 heteroatoms. The maximum atomic E-state index is 12.6. The van der Waals surface area contributed by atoms with Crippen LogP contribution in [0.2, 0.25) is 10.0 Å². The predicted molar refractivity (Wildman–Crippen MR) is 118 cm³/mol. The van der Waals surface area contributed by atoms with Crippen LogP contribution in [0.25, 0.3) is 21.3 Å². The van der Waals surface area contributed by atoms with Crippen LogP contribution in [0.4, 0.5) is 5.13 Å². The second-order valence-corrected chi connectivity index (χ2v) is 8.04. The first-order chi connectivity index (χ1) is 13.9. The zero-order chi connectivity index (χ0) is 20.5. The van der Waals surface area contributed by atoms with E-state index in [0.29, 0.717) is 10.7 Å². The van der Waals surface area contributed by atoms with Gasteiger partial charge in [0, 0.05) is 5.56 Å². The molecule has 0 spiro atoms. The number of benzene rings is 3. The number of nitrogens with one attached hydrogen (secondary N) is 1. The molecule has 0 unspecified atom stereocenters. The lowest BCUT2D eigenvalue weighted by atomic mass is 10.0. The van der Waals surface area contributed by atoms with Gasteiger partial charge in [-0.3, -0.25) is 14.9 Å². The fourth-order valence-electron chi connectivity index (χ4n) is 2.89. The van der Waals surface area contributed by atoms with Crippen molar-refractivity contribution in [3.05, 3.63) is 81.8 Å². The van der Waals surface area contributed by atoms with Gasteiger partial charge in [-0.1, -0.05) is 58.8 Å². The highest BCUT2D eigenvalue weighted by Crippen LogP contribution is 2.32. The van der Waals surface area contributed by atoms with E-state index in [-0.39, 0.29) is 15.6 Å². The number of nitrogens with zero attached hydrogens (tertiary/aromatic N) is 1. The first kappa shape index (κ1) is 19.4. The molecule has 0 saturated heterocycles. The van der Waals surface area contributed by atoms with Gasteiger partial charge >= 0.3 is 0 Å². The Bertz CT molecular complexity index is 1250. The molecule has 29 heavy (non-hydrogen) atoms. The number of hydrogen-bond acceptors (Lipinski definition) is 4. The van der Waals surface area contributed by atoms with Crippen molar-refractivity contribution in [1.29, 1.82) is 0 Å². The van der Waals surface area contributed by atoms with Gasteiger partial charge in [0.05, 0.1) is 25.8 Å². The van der Waals surface area contributed by atoms with Gasteiger partial charge in [-0.15, -0.1) is 0 Å². The number of aromatic nitrogens is 1. The standard InChI is InChI=1S/C21H13Cl2N3O2S/c22-14-5-2-6-15(23)18(14)20(28)26-21-25-16-10-12(7-8-17(16)29-21)11-3-1-4-13(9-11)19(24)27/h1-10H,(H2,24,27)(H,25,26,28). The Balaban J connectivity index is 1.65. The summed E-state index contributed by atoms with van der Waals surface area (Å²) in [5, 5.41) is 3.73. The van der Waals surface area contributed by atoms with Gasteiger partial charge in [0.25, 0.3) is 5.91 Å². The van der Waals surface area contributed by atoms with Crippen LogP contribution in [-0.4, -0.2) is 16.8 Å². The largest absolute Gasteiger partial charge is 0.366 e. The molecule has 5 nitrogen and oxygen atoms in total. The van der Waals surface area contributed by atoms with Gasteiger partial charge in [0.15, 0.2) is 5.13 Å². The number of amides is 2. The summed E-state index contributed by atoms with van der Waals surface area (Å²) in [6.45, 7) is 0. The van der Waals surface area contributed by atoms with Crippen LogP contribution < -0.4 is 11.1 Å². The molecular weight excluding hydrogens is 429 g/mol. The minimum Gasteiger partial charge on any atom is -0.366 e. The number of carbonyl (C=O) groups excluding carboxylic acids is 2. The molecule has 1 aromatic heterocycles. The highest BCUT2D eigenvalue weighted by atomic mass is 35.5. The Morgan fingerprint density at radius 2 is 1.62 bits per heavy atom. The van der Waals surface area contributed by atoms with Crippen molar-refractivity contribution in [3.8, 4) is 11.1 Å². The number of thiazole rings is 1. The Morgan fingerprint density at radius 3 is 2.34 bits per heavy atom. The molecule has 144 valence electrons. The van der Waals surface area contributed by atoms with E-state index in [4.69, 9.17) is 28.9 Å². The van der Waals surface area contributed by atoms with Gasteiger partial charge < -0.3 is 5.73 Å². The third-order valence-electron chi connectivity index (χ3n) is 4.28. The molecule has 0 fully saturated rings. The summed E-state index contributed by atoms with van der Waals surface area (Å²) in [6, 6.07) is 17.7. The van der Waals surface area contributed by atoms with Crippen LogP contribution in [0.5, 0.6) is 0 Å². The van der Waals surface area contributed by atoms with Gasteiger partial charge in [-0.05, 0) is 47.5 Å². The second kappa shape index (κ2) is 7.83. The van der Waals surface area contributed by atoms with Crippen LogP contribution in [-0.2, 0) is 0 Å². The van der Waals surface area contributed by atoms with Crippen LogP contribution in [0.3, 0.4) is 0 Å². The number of nitrogens with two attached hydrogens (primary N) is 1. The molecule has 4 rings (SSSR count). The molecule has 0 radical (unpaired) electrons. The van der Waals surface area contributed by atoms with E-state index in [1.807, 2.05) is 24.3 Å².